The van der Waals surface area contributed by atoms with Gasteiger partial charge in [-0.25, -0.2) is 9.78 Å². The highest BCUT2D eigenvalue weighted by atomic mass is 32.1. The van der Waals surface area contributed by atoms with Crippen LogP contribution in [-0.4, -0.2) is 30.6 Å². The van der Waals surface area contributed by atoms with E-state index in [4.69, 9.17) is 14.5 Å². The van der Waals surface area contributed by atoms with E-state index in [9.17, 15) is 9.59 Å². The molecule has 0 saturated heterocycles. The summed E-state index contributed by atoms with van der Waals surface area (Å²) >= 11 is 1.54. The highest BCUT2D eigenvalue weighted by Gasteiger charge is 2.25. The Morgan fingerprint density at radius 3 is 2.54 bits per heavy atom. The molecule has 1 aliphatic carbocycles. The molecule has 1 aromatic carbocycles. The van der Waals surface area contributed by atoms with E-state index >= 15 is 0 Å². The zero-order valence-electron chi connectivity index (χ0n) is 21.1. The van der Waals surface area contributed by atoms with Crippen LogP contribution >= 0.6 is 11.3 Å². The van der Waals surface area contributed by atoms with Crippen LogP contribution in [0.25, 0.3) is 6.08 Å². The first-order valence-corrected chi connectivity index (χ1v) is 13.2. The number of aromatic nitrogens is 1. The molecule has 6 nitrogen and oxygen atoms in total. The molecule has 1 atom stereocenters. The fraction of sp³-hybridized carbons (Fsp3) is 0.464. The molecule has 0 bridgehead atoms. The van der Waals surface area contributed by atoms with Crippen molar-refractivity contribution >= 4 is 29.3 Å². The van der Waals surface area contributed by atoms with Gasteiger partial charge < -0.3 is 14.8 Å². The minimum absolute atomic E-state index is 0.0830. The monoisotopic (exact) mass is 496 g/mol. The number of hydrogen-bond donors (Lipinski definition) is 1. The largest absolute Gasteiger partial charge is 0.497 e. The van der Waals surface area contributed by atoms with Gasteiger partial charge in [-0.05, 0) is 75.5 Å². The number of benzene rings is 1. The van der Waals surface area contributed by atoms with Crippen molar-refractivity contribution in [3.05, 3.63) is 63.1 Å². The number of methoxy groups -OCH3 is 1. The lowest BCUT2D eigenvalue weighted by molar-refractivity contribution is -0.138. The van der Waals surface area contributed by atoms with Gasteiger partial charge in [-0.15, -0.1) is 11.3 Å². The maximum absolute atomic E-state index is 13.1. The number of nitrogens with one attached hydrogen (secondary N) is 1. The Labute approximate surface area is 212 Å². The fourth-order valence-corrected chi connectivity index (χ4v) is 5.13. The van der Waals surface area contributed by atoms with Crippen molar-refractivity contribution in [1.29, 1.82) is 0 Å². The van der Waals surface area contributed by atoms with Gasteiger partial charge in [0.2, 0.25) is 5.91 Å². The van der Waals surface area contributed by atoms with Gasteiger partial charge in [0, 0.05) is 16.9 Å². The number of thiazole rings is 1. The topological polar surface area (TPSA) is 77.5 Å². The molecule has 0 unspecified atom stereocenters. The Morgan fingerprint density at radius 1 is 1.17 bits per heavy atom. The molecular formula is C28H36N2O4S. The quantitative estimate of drug-likeness (QED) is 0.246. The summed E-state index contributed by atoms with van der Waals surface area (Å²) in [6.45, 7) is 5.82. The van der Waals surface area contributed by atoms with E-state index < -0.39 is 0 Å². The van der Waals surface area contributed by atoms with Crippen LogP contribution in [0.5, 0.6) is 5.75 Å². The molecular weight excluding hydrogens is 460 g/mol. The maximum Gasteiger partial charge on any atom is 0.333 e. The molecule has 0 spiro atoms. The Morgan fingerprint density at radius 2 is 1.89 bits per heavy atom. The molecule has 0 radical (unpaired) electrons. The Hall–Kier alpha value is -2.93. The predicted octanol–water partition coefficient (Wildman–Crippen LogP) is 6.04. The minimum Gasteiger partial charge on any atom is -0.497 e. The lowest BCUT2D eigenvalue weighted by Gasteiger charge is -2.24. The summed E-state index contributed by atoms with van der Waals surface area (Å²) in [6.07, 6.45) is 9.75. The van der Waals surface area contributed by atoms with E-state index in [0.717, 1.165) is 53.3 Å². The first-order valence-electron chi connectivity index (χ1n) is 12.3. The van der Waals surface area contributed by atoms with Crippen LogP contribution in [0.1, 0.15) is 75.2 Å². The standard InChI is InChI=1S/C28H36N2O4S/c1-5-34-28(32)20(3)15-19(2)16-23-18-35-27(29-23)25(17-21-11-13-24(33-4)14-12-21)30-26(31)22-9-7-6-8-10-22/h11-16,18,22,25H,5-10,17H2,1-4H3,(H,30,31)/t25-/m0/s1. The van der Waals surface area contributed by atoms with Crippen LogP contribution < -0.4 is 10.1 Å². The molecule has 2 aromatic rings. The zero-order chi connectivity index (χ0) is 25.2. The third-order valence-corrected chi connectivity index (χ3v) is 7.12. The van der Waals surface area contributed by atoms with Crippen LogP contribution in [0.15, 0.2) is 46.9 Å². The second-order valence-electron chi connectivity index (χ2n) is 9.00. The number of hydrogen-bond acceptors (Lipinski definition) is 6. The highest BCUT2D eigenvalue weighted by molar-refractivity contribution is 7.09. The van der Waals surface area contributed by atoms with Crippen molar-refractivity contribution in [2.24, 2.45) is 5.92 Å². The Balaban J connectivity index is 1.79. The average Bonchev–Trinajstić information content (AvgIpc) is 3.32. The molecule has 1 aromatic heterocycles. The van der Waals surface area contributed by atoms with E-state index in [0.29, 0.717) is 18.6 Å². The van der Waals surface area contributed by atoms with Gasteiger partial charge in [-0.2, -0.15) is 0 Å². The molecule has 1 aliphatic rings. The molecule has 1 fully saturated rings. The number of rotatable bonds is 10. The van der Waals surface area contributed by atoms with Gasteiger partial charge >= 0.3 is 5.97 Å². The first-order chi connectivity index (χ1) is 16.9. The van der Waals surface area contributed by atoms with Crippen molar-refractivity contribution in [3.8, 4) is 5.75 Å². The van der Waals surface area contributed by atoms with Gasteiger partial charge in [-0.1, -0.05) is 31.4 Å². The van der Waals surface area contributed by atoms with Gasteiger partial charge in [0.1, 0.15) is 10.8 Å². The number of carbonyl (C=O) groups excluding carboxylic acids is 2. The van der Waals surface area contributed by atoms with Crippen molar-refractivity contribution in [3.63, 3.8) is 0 Å². The highest BCUT2D eigenvalue weighted by Crippen LogP contribution is 2.28. The molecule has 1 amide bonds. The predicted molar refractivity (Wildman–Crippen MR) is 140 cm³/mol. The van der Waals surface area contributed by atoms with E-state index in [2.05, 4.69) is 5.32 Å². The SMILES string of the molecule is CCOC(=O)C(C)=CC(C)=Cc1csc([C@H](Cc2ccc(OC)cc2)NC(=O)C2CCCCC2)n1. The van der Waals surface area contributed by atoms with Gasteiger partial charge in [0.05, 0.1) is 25.5 Å². The molecule has 1 N–H and O–H groups in total. The second-order valence-corrected chi connectivity index (χ2v) is 9.88. The lowest BCUT2D eigenvalue weighted by atomic mass is 9.88. The molecule has 35 heavy (non-hydrogen) atoms. The van der Waals surface area contributed by atoms with Crippen molar-refractivity contribution in [2.75, 3.05) is 13.7 Å². The summed E-state index contributed by atoms with van der Waals surface area (Å²) in [5.41, 5.74) is 3.37. The third kappa shape index (κ3) is 8.06. The number of carbonyl (C=O) groups is 2. The van der Waals surface area contributed by atoms with Gasteiger partial charge in [-0.3, -0.25) is 4.79 Å². The van der Waals surface area contributed by atoms with Crippen LogP contribution in [0.4, 0.5) is 0 Å². The molecule has 1 heterocycles. The molecule has 3 rings (SSSR count). The third-order valence-electron chi connectivity index (χ3n) is 6.15. The van der Waals surface area contributed by atoms with E-state index in [1.54, 1.807) is 38.4 Å². The minimum atomic E-state index is -0.316. The number of esters is 1. The van der Waals surface area contributed by atoms with E-state index in [1.807, 2.05) is 42.6 Å². The van der Waals surface area contributed by atoms with Crippen LogP contribution in [-0.2, 0) is 20.7 Å². The summed E-state index contributed by atoms with van der Waals surface area (Å²) in [5, 5.41) is 6.15. The van der Waals surface area contributed by atoms with E-state index in [1.165, 1.54) is 6.42 Å². The Kier molecular flexibility index (Phi) is 10.1. The summed E-state index contributed by atoms with van der Waals surface area (Å²) < 4.78 is 10.3. The number of ether oxygens (including phenoxy) is 2. The van der Waals surface area contributed by atoms with Gasteiger partial charge in [0.25, 0.3) is 0 Å². The summed E-state index contributed by atoms with van der Waals surface area (Å²) in [6, 6.07) is 7.72. The van der Waals surface area contributed by atoms with Crippen molar-refractivity contribution < 1.29 is 19.1 Å². The number of allylic oxidation sites excluding steroid dienone is 2. The van der Waals surface area contributed by atoms with Crippen LogP contribution in [0, 0.1) is 5.92 Å². The number of nitrogens with zero attached hydrogens (tertiary/aromatic N) is 1. The summed E-state index contributed by atoms with van der Waals surface area (Å²) in [4.78, 5) is 29.8. The normalized spacial score (nSPS) is 16.0. The molecule has 7 heteroatoms. The second kappa shape index (κ2) is 13.2. The van der Waals surface area contributed by atoms with Gasteiger partial charge in [0.15, 0.2) is 0 Å². The Bertz CT molecular complexity index is 1050. The molecule has 0 aliphatic heterocycles. The summed E-state index contributed by atoms with van der Waals surface area (Å²) in [7, 11) is 1.65. The van der Waals surface area contributed by atoms with Crippen LogP contribution in [0.2, 0.25) is 0 Å². The number of amides is 1. The maximum atomic E-state index is 13.1. The molecule has 1 saturated carbocycles. The lowest BCUT2D eigenvalue weighted by Crippen LogP contribution is -2.35. The van der Waals surface area contributed by atoms with Crippen molar-refractivity contribution in [1.82, 2.24) is 10.3 Å². The van der Waals surface area contributed by atoms with Crippen LogP contribution in [0.3, 0.4) is 0 Å². The first kappa shape index (κ1) is 26.7. The smallest absolute Gasteiger partial charge is 0.333 e. The summed E-state index contributed by atoms with van der Waals surface area (Å²) in [5.74, 6) is 0.698. The zero-order valence-corrected chi connectivity index (χ0v) is 22.0. The average molecular weight is 497 g/mol. The van der Waals surface area contributed by atoms with E-state index in [-0.39, 0.29) is 23.8 Å². The molecule has 188 valence electrons. The van der Waals surface area contributed by atoms with Crippen molar-refractivity contribution in [2.45, 2.75) is 65.3 Å². The fourth-order valence-electron chi connectivity index (χ4n) is 4.30.